The van der Waals surface area contributed by atoms with Gasteiger partial charge in [-0.3, -0.25) is 9.48 Å². The number of hydrogen-bond donors (Lipinski definition) is 1. The lowest BCUT2D eigenvalue weighted by Crippen LogP contribution is -2.43. The standard InChI is InChI=1S/C16H28N4O/c1-5-15(14-10-17-19(4)11-14)18-16(21)13-6-8-20(9-7-13)12(2)3/h10-13,15H,5-9H2,1-4H3,(H,18,21)/t15-/m1/s1. The summed E-state index contributed by atoms with van der Waals surface area (Å²) >= 11 is 0. The third-order valence-corrected chi connectivity index (χ3v) is 4.48. The van der Waals surface area contributed by atoms with Crippen molar-refractivity contribution in [2.24, 2.45) is 13.0 Å². The highest BCUT2D eigenvalue weighted by atomic mass is 16.1. The Morgan fingerprint density at radius 3 is 2.57 bits per heavy atom. The highest BCUT2D eigenvalue weighted by Gasteiger charge is 2.27. The van der Waals surface area contributed by atoms with Crippen LogP contribution in [0.25, 0.3) is 0 Å². The number of piperidine rings is 1. The normalized spacial score (nSPS) is 18.9. The van der Waals surface area contributed by atoms with Gasteiger partial charge in [0, 0.05) is 30.8 Å². The van der Waals surface area contributed by atoms with Gasteiger partial charge < -0.3 is 10.2 Å². The van der Waals surface area contributed by atoms with Crippen LogP contribution in [0, 0.1) is 5.92 Å². The molecule has 1 amide bonds. The Kier molecular flexibility index (Phi) is 5.39. The minimum atomic E-state index is 0.0781. The van der Waals surface area contributed by atoms with Gasteiger partial charge in [0.25, 0.3) is 0 Å². The molecule has 1 aliphatic heterocycles. The van der Waals surface area contributed by atoms with Crippen molar-refractivity contribution in [1.82, 2.24) is 20.0 Å². The number of carbonyl (C=O) groups is 1. The van der Waals surface area contributed by atoms with E-state index in [1.165, 1.54) is 0 Å². The average molecular weight is 292 g/mol. The number of aromatic nitrogens is 2. The molecule has 1 saturated heterocycles. The highest BCUT2D eigenvalue weighted by Crippen LogP contribution is 2.22. The number of amides is 1. The van der Waals surface area contributed by atoms with Crippen molar-refractivity contribution in [3.05, 3.63) is 18.0 Å². The van der Waals surface area contributed by atoms with Crippen LogP contribution in [0.1, 0.15) is 51.6 Å². The van der Waals surface area contributed by atoms with Crippen LogP contribution in [0.5, 0.6) is 0 Å². The van der Waals surface area contributed by atoms with E-state index in [0.29, 0.717) is 6.04 Å². The van der Waals surface area contributed by atoms with Crippen LogP contribution in [0.15, 0.2) is 12.4 Å². The summed E-state index contributed by atoms with van der Waals surface area (Å²) in [7, 11) is 1.90. The number of carbonyl (C=O) groups excluding carboxylic acids is 1. The summed E-state index contributed by atoms with van der Waals surface area (Å²) < 4.78 is 1.78. The van der Waals surface area contributed by atoms with Gasteiger partial charge in [-0.1, -0.05) is 6.92 Å². The molecule has 21 heavy (non-hydrogen) atoms. The van der Waals surface area contributed by atoms with Crippen LogP contribution in [-0.2, 0) is 11.8 Å². The van der Waals surface area contributed by atoms with Gasteiger partial charge in [0.05, 0.1) is 12.2 Å². The Morgan fingerprint density at radius 2 is 2.10 bits per heavy atom. The molecule has 0 saturated carbocycles. The van der Waals surface area contributed by atoms with E-state index < -0.39 is 0 Å². The van der Waals surface area contributed by atoms with E-state index in [1.807, 2.05) is 19.4 Å². The summed E-state index contributed by atoms with van der Waals surface area (Å²) in [5, 5.41) is 7.39. The predicted octanol–water partition coefficient (Wildman–Crippen LogP) is 2.11. The minimum absolute atomic E-state index is 0.0781. The summed E-state index contributed by atoms with van der Waals surface area (Å²) in [6.45, 7) is 8.59. The molecule has 1 aromatic rings. The van der Waals surface area contributed by atoms with Crippen molar-refractivity contribution in [2.45, 2.75) is 52.1 Å². The Balaban J connectivity index is 1.89. The molecule has 5 nitrogen and oxygen atoms in total. The first-order chi connectivity index (χ1) is 10.0. The molecule has 118 valence electrons. The summed E-state index contributed by atoms with van der Waals surface area (Å²) in [4.78, 5) is 14.9. The van der Waals surface area contributed by atoms with Gasteiger partial charge >= 0.3 is 0 Å². The molecule has 0 aliphatic carbocycles. The first-order valence-corrected chi connectivity index (χ1v) is 8.04. The smallest absolute Gasteiger partial charge is 0.223 e. The van der Waals surface area contributed by atoms with Crippen molar-refractivity contribution in [1.29, 1.82) is 0 Å². The first kappa shape index (κ1) is 16.0. The lowest BCUT2D eigenvalue weighted by atomic mass is 9.94. The maximum Gasteiger partial charge on any atom is 0.223 e. The van der Waals surface area contributed by atoms with E-state index in [9.17, 15) is 4.79 Å². The molecular formula is C16H28N4O. The number of aryl methyl sites for hydroxylation is 1. The number of rotatable bonds is 5. The van der Waals surface area contributed by atoms with Crippen LogP contribution in [0.4, 0.5) is 0 Å². The average Bonchev–Trinajstić information content (AvgIpc) is 2.91. The Labute approximate surface area is 127 Å². The van der Waals surface area contributed by atoms with E-state index in [1.54, 1.807) is 4.68 Å². The molecule has 0 radical (unpaired) electrons. The third-order valence-electron chi connectivity index (χ3n) is 4.48. The monoisotopic (exact) mass is 292 g/mol. The van der Waals surface area contributed by atoms with Gasteiger partial charge in [-0.05, 0) is 46.2 Å². The third kappa shape index (κ3) is 4.06. The predicted molar refractivity (Wildman–Crippen MR) is 83.8 cm³/mol. The molecule has 0 spiro atoms. The van der Waals surface area contributed by atoms with Crippen molar-refractivity contribution < 1.29 is 4.79 Å². The van der Waals surface area contributed by atoms with Gasteiger partial charge in [-0.15, -0.1) is 0 Å². The maximum atomic E-state index is 12.5. The van der Waals surface area contributed by atoms with E-state index in [2.05, 4.69) is 36.1 Å². The summed E-state index contributed by atoms with van der Waals surface area (Å²) in [6, 6.07) is 0.655. The lowest BCUT2D eigenvalue weighted by molar-refractivity contribution is -0.127. The topological polar surface area (TPSA) is 50.2 Å². The fourth-order valence-electron chi connectivity index (χ4n) is 3.01. The van der Waals surface area contributed by atoms with E-state index in [0.717, 1.165) is 37.9 Å². The molecule has 2 heterocycles. The van der Waals surface area contributed by atoms with Crippen LogP contribution in [0.2, 0.25) is 0 Å². The molecule has 2 rings (SSSR count). The van der Waals surface area contributed by atoms with Crippen LogP contribution in [-0.4, -0.2) is 39.7 Å². The van der Waals surface area contributed by atoms with E-state index in [4.69, 9.17) is 0 Å². The molecule has 1 fully saturated rings. The molecule has 1 N–H and O–H groups in total. The number of nitrogens with one attached hydrogen (secondary N) is 1. The molecule has 5 heteroatoms. The fraction of sp³-hybridized carbons (Fsp3) is 0.750. The molecular weight excluding hydrogens is 264 g/mol. The molecule has 0 bridgehead atoms. The Hall–Kier alpha value is -1.36. The van der Waals surface area contributed by atoms with Gasteiger partial charge in [-0.25, -0.2) is 0 Å². The van der Waals surface area contributed by atoms with Gasteiger partial charge in [0.15, 0.2) is 0 Å². The van der Waals surface area contributed by atoms with Crippen molar-refractivity contribution in [3.63, 3.8) is 0 Å². The highest BCUT2D eigenvalue weighted by molar-refractivity contribution is 5.79. The fourth-order valence-corrected chi connectivity index (χ4v) is 3.01. The maximum absolute atomic E-state index is 12.5. The van der Waals surface area contributed by atoms with Crippen molar-refractivity contribution >= 4 is 5.91 Å². The number of nitrogens with zero attached hydrogens (tertiary/aromatic N) is 3. The van der Waals surface area contributed by atoms with Gasteiger partial charge in [-0.2, -0.15) is 5.10 Å². The van der Waals surface area contributed by atoms with Crippen molar-refractivity contribution in [2.75, 3.05) is 13.1 Å². The zero-order valence-electron chi connectivity index (χ0n) is 13.7. The number of likely N-dealkylation sites (tertiary alicyclic amines) is 1. The molecule has 0 aromatic carbocycles. The Morgan fingerprint density at radius 1 is 1.43 bits per heavy atom. The first-order valence-electron chi connectivity index (χ1n) is 8.04. The minimum Gasteiger partial charge on any atom is -0.349 e. The quantitative estimate of drug-likeness (QED) is 0.904. The molecule has 0 unspecified atom stereocenters. The van der Waals surface area contributed by atoms with Crippen LogP contribution in [0.3, 0.4) is 0 Å². The number of hydrogen-bond acceptors (Lipinski definition) is 3. The summed E-state index contributed by atoms with van der Waals surface area (Å²) in [5.41, 5.74) is 1.09. The molecule has 1 aromatic heterocycles. The zero-order chi connectivity index (χ0) is 15.4. The molecule has 1 aliphatic rings. The van der Waals surface area contributed by atoms with Gasteiger partial charge in [0.2, 0.25) is 5.91 Å². The molecule has 1 atom stereocenters. The van der Waals surface area contributed by atoms with Crippen LogP contribution < -0.4 is 5.32 Å². The van der Waals surface area contributed by atoms with E-state index in [-0.39, 0.29) is 17.9 Å². The Bertz CT molecular complexity index is 461. The van der Waals surface area contributed by atoms with Crippen molar-refractivity contribution in [3.8, 4) is 0 Å². The van der Waals surface area contributed by atoms with E-state index >= 15 is 0 Å². The lowest BCUT2D eigenvalue weighted by Gasteiger charge is -2.34. The second-order valence-electron chi connectivity index (χ2n) is 6.32. The van der Waals surface area contributed by atoms with Gasteiger partial charge in [0.1, 0.15) is 0 Å². The van der Waals surface area contributed by atoms with Crippen LogP contribution >= 0.6 is 0 Å². The second-order valence-corrected chi connectivity index (χ2v) is 6.32. The second kappa shape index (κ2) is 7.07. The summed E-state index contributed by atoms with van der Waals surface area (Å²) in [6.07, 6.45) is 6.65. The SMILES string of the molecule is CC[C@@H](NC(=O)C1CCN(C(C)C)CC1)c1cnn(C)c1. The largest absolute Gasteiger partial charge is 0.349 e. The summed E-state index contributed by atoms with van der Waals surface area (Å²) in [5.74, 6) is 0.361. The zero-order valence-corrected chi connectivity index (χ0v) is 13.7.